The molecule has 1 amide bonds. The maximum Gasteiger partial charge on any atom is 0.270 e. The minimum atomic E-state index is -0.310. The number of aromatic amines is 1. The Morgan fingerprint density at radius 3 is 2.72 bits per heavy atom. The third kappa shape index (κ3) is 4.26. The number of carbonyl (C=O) groups excluding carboxylic acids is 1. The summed E-state index contributed by atoms with van der Waals surface area (Å²) in [6.45, 7) is 0.244. The number of hydrogen-bond donors (Lipinski definition) is 2. The molecule has 9 heteroatoms. The number of nitrogens with zero attached hydrogens (tertiary/aromatic N) is 4. The summed E-state index contributed by atoms with van der Waals surface area (Å²) in [5.41, 5.74) is 4.38. The fraction of sp³-hybridized carbons (Fsp3) is 0.0870. The average Bonchev–Trinajstić information content (AvgIpc) is 3.19. The molecule has 2 N–H and O–H groups in total. The lowest BCUT2D eigenvalue weighted by Gasteiger charge is -2.06. The lowest BCUT2D eigenvalue weighted by molar-refractivity contribution is 0.0945. The minimum Gasteiger partial charge on any atom is -0.345 e. The number of aromatic nitrogens is 5. The van der Waals surface area contributed by atoms with Gasteiger partial charge in [-0.05, 0) is 54.1 Å². The number of halogens is 2. The number of hydrogen-bond acceptors (Lipinski definition) is 5. The van der Waals surface area contributed by atoms with E-state index < -0.39 is 0 Å². The quantitative estimate of drug-likeness (QED) is 0.393. The van der Waals surface area contributed by atoms with E-state index in [9.17, 15) is 4.79 Å². The topological polar surface area (TPSA) is 96.5 Å². The largest absolute Gasteiger partial charge is 0.345 e. The molecule has 3 aromatic heterocycles. The van der Waals surface area contributed by atoms with Crippen LogP contribution in [-0.4, -0.2) is 31.1 Å². The van der Waals surface area contributed by atoms with Crippen LogP contribution in [0.5, 0.6) is 0 Å². The van der Waals surface area contributed by atoms with Gasteiger partial charge in [0, 0.05) is 39.1 Å². The lowest BCUT2D eigenvalue weighted by atomic mass is 10.1. The van der Waals surface area contributed by atoms with E-state index in [-0.39, 0.29) is 18.1 Å². The highest BCUT2D eigenvalue weighted by Gasteiger charge is 2.12. The molecule has 0 atom stereocenters. The van der Waals surface area contributed by atoms with Crippen molar-refractivity contribution in [2.75, 3.05) is 0 Å². The van der Waals surface area contributed by atoms with E-state index >= 15 is 0 Å². The van der Waals surface area contributed by atoms with Crippen molar-refractivity contribution in [1.82, 2.24) is 30.5 Å². The highest BCUT2D eigenvalue weighted by atomic mass is 35.5. The van der Waals surface area contributed by atoms with E-state index in [0.29, 0.717) is 27.9 Å². The number of rotatable bonds is 5. The predicted octanol–water partition coefficient (Wildman–Crippen LogP) is 4.73. The smallest absolute Gasteiger partial charge is 0.270 e. The molecular formula is C23H16Cl2N6O. The molecule has 0 aliphatic rings. The third-order valence-corrected chi connectivity index (χ3v) is 5.53. The standard InChI is InChI=1S/C23H16Cl2N6O/c24-15-1-3-19-14(7-15)5-13(10-26-19)6-17-9-21(29-12-28-17)23(32)27-11-22-18-8-16(25)2-4-20(18)30-31-22/h1-5,7-10,12H,6,11H2,(H,27,32)(H,30,31). The number of fused-ring (bicyclic) bond motifs is 2. The van der Waals surface area contributed by atoms with Crippen LogP contribution in [-0.2, 0) is 13.0 Å². The maximum absolute atomic E-state index is 12.7. The highest BCUT2D eigenvalue weighted by Crippen LogP contribution is 2.21. The number of H-pyrrole nitrogens is 1. The van der Waals surface area contributed by atoms with Gasteiger partial charge in [0.05, 0.1) is 23.3 Å². The van der Waals surface area contributed by atoms with Gasteiger partial charge in [-0.3, -0.25) is 14.9 Å². The molecule has 0 aliphatic heterocycles. The first-order valence-corrected chi connectivity index (χ1v) is 10.6. The SMILES string of the molecule is O=C(NCc1n[nH]c2ccc(Cl)cc12)c1cc(Cc2cnc3ccc(Cl)cc3c2)ncn1. The average molecular weight is 463 g/mol. The van der Waals surface area contributed by atoms with Crippen LogP contribution in [0.15, 0.2) is 61.1 Å². The van der Waals surface area contributed by atoms with E-state index in [2.05, 4.69) is 30.5 Å². The Hall–Kier alpha value is -3.55. The molecule has 0 bridgehead atoms. The van der Waals surface area contributed by atoms with Crippen molar-refractivity contribution in [1.29, 1.82) is 0 Å². The zero-order valence-electron chi connectivity index (χ0n) is 16.6. The normalized spacial score (nSPS) is 11.2. The van der Waals surface area contributed by atoms with Crippen LogP contribution in [0.1, 0.15) is 27.4 Å². The van der Waals surface area contributed by atoms with E-state index in [1.54, 1.807) is 18.3 Å². The summed E-state index contributed by atoms with van der Waals surface area (Å²) in [5.74, 6) is -0.310. The van der Waals surface area contributed by atoms with Crippen LogP contribution in [0.3, 0.4) is 0 Å². The van der Waals surface area contributed by atoms with Crippen molar-refractivity contribution in [3.05, 3.63) is 93.7 Å². The van der Waals surface area contributed by atoms with Crippen LogP contribution in [0.4, 0.5) is 0 Å². The van der Waals surface area contributed by atoms with Crippen molar-refractivity contribution >= 4 is 50.9 Å². The van der Waals surface area contributed by atoms with Crippen LogP contribution < -0.4 is 5.32 Å². The summed E-state index contributed by atoms with van der Waals surface area (Å²) < 4.78 is 0. The first kappa shape index (κ1) is 20.4. The number of carbonyl (C=O) groups is 1. The van der Waals surface area contributed by atoms with Crippen LogP contribution in [0.2, 0.25) is 10.0 Å². The molecule has 0 fully saturated rings. The first-order chi connectivity index (χ1) is 15.5. The van der Waals surface area contributed by atoms with Gasteiger partial charge in [-0.15, -0.1) is 0 Å². The molecule has 0 saturated carbocycles. The van der Waals surface area contributed by atoms with Crippen LogP contribution >= 0.6 is 23.2 Å². The molecule has 0 aliphatic carbocycles. The molecule has 0 spiro atoms. The second kappa shape index (κ2) is 8.53. The fourth-order valence-corrected chi connectivity index (χ4v) is 3.85. The Morgan fingerprint density at radius 2 is 1.81 bits per heavy atom. The van der Waals surface area contributed by atoms with Gasteiger partial charge in [-0.25, -0.2) is 9.97 Å². The first-order valence-electron chi connectivity index (χ1n) is 9.81. The third-order valence-electron chi connectivity index (χ3n) is 5.06. The van der Waals surface area contributed by atoms with Gasteiger partial charge in [0.15, 0.2) is 0 Å². The van der Waals surface area contributed by atoms with Crippen LogP contribution in [0, 0.1) is 0 Å². The summed E-state index contributed by atoms with van der Waals surface area (Å²) in [6, 6.07) is 14.7. The Morgan fingerprint density at radius 1 is 0.969 bits per heavy atom. The van der Waals surface area contributed by atoms with Crippen molar-refractivity contribution in [2.24, 2.45) is 0 Å². The van der Waals surface area contributed by atoms with Crippen molar-refractivity contribution < 1.29 is 4.79 Å². The summed E-state index contributed by atoms with van der Waals surface area (Å²) in [7, 11) is 0. The predicted molar refractivity (Wildman–Crippen MR) is 124 cm³/mol. The zero-order valence-corrected chi connectivity index (χ0v) is 18.2. The molecule has 158 valence electrons. The Kier molecular flexibility index (Phi) is 5.43. The fourth-order valence-electron chi connectivity index (χ4n) is 3.50. The summed E-state index contributed by atoms with van der Waals surface area (Å²) in [4.78, 5) is 25.5. The minimum absolute atomic E-state index is 0.244. The molecule has 32 heavy (non-hydrogen) atoms. The molecular weight excluding hydrogens is 447 g/mol. The second-order valence-corrected chi connectivity index (χ2v) is 8.17. The summed E-state index contributed by atoms with van der Waals surface area (Å²) in [6.07, 6.45) is 3.70. The second-order valence-electron chi connectivity index (χ2n) is 7.29. The van der Waals surface area contributed by atoms with Gasteiger partial charge >= 0.3 is 0 Å². The highest BCUT2D eigenvalue weighted by molar-refractivity contribution is 6.31. The van der Waals surface area contributed by atoms with Crippen molar-refractivity contribution in [3.8, 4) is 0 Å². The Balaban J connectivity index is 1.31. The Labute approximate surface area is 192 Å². The number of nitrogens with one attached hydrogen (secondary N) is 2. The molecule has 5 aromatic rings. The van der Waals surface area contributed by atoms with E-state index in [1.165, 1.54) is 6.33 Å². The van der Waals surface area contributed by atoms with Gasteiger partial charge in [0.25, 0.3) is 5.91 Å². The number of amides is 1. The number of pyridine rings is 1. The van der Waals surface area contributed by atoms with E-state index in [1.807, 2.05) is 36.4 Å². The summed E-state index contributed by atoms with van der Waals surface area (Å²) in [5, 5.41) is 13.1. The summed E-state index contributed by atoms with van der Waals surface area (Å²) >= 11 is 12.2. The van der Waals surface area contributed by atoms with Crippen molar-refractivity contribution in [3.63, 3.8) is 0 Å². The molecule has 3 heterocycles. The maximum atomic E-state index is 12.7. The molecule has 0 radical (unpaired) electrons. The van der Waals surface area contributed by atoms with Crippen molar-refractivity contribution in [2.45, 2.75) is 13.0 Å². The number of benzene rings is 2. The van der Waals surface area contributed by atoms with Gasteiger partial charge < -0.3 is 5.32 Å². The van der Waals surface area contributed by atoms with Gasteiger partial charge in [-0.2, -0.15) is 5.10 Å². The zero-order chi connectivity index (χ0) is 22.1. The molecule has 7 nitrogen and oxygen atoms in total. The van der Waals surface area contributed by atoms with Gasteiger partial charge in [0.1, 0.15) is 12.0 Å². The molecule has 5 rings (SSSR count). The molecule has 0 unspecified atom stereocenters. The lowest BCUT2D eigenvalue weighted by Crippen LogP contribution is -2.24. The monoisotopic (exact) mass is 462 g/mol. The van der Waals surface area contributed by atoms with Gasteiger partial charge in [-0.1, -0.05) is 23.2 Å². The molecule has 2 aromatic carbocycles. The molecule has 0 saturated heterocycles. The Bertz CT molecular complexity index is 1470. The van der Waals surface area contributed by atoms with Crippen LogP contribution in [0.25, 0.3) is 21.8 Å². The van der Waals surface area contributed by atoms with E-state index in [0.717, 1.165) is 27.4 Å². The van der Waals surface area contributed by atoms with Gasteiger partial charge in [0.2, 0.25) is 0 Å². The van der Waals surface area contributed by atoms with E-state index in [4.69, 9.17) is 23.2 Å².